The summed E-state index contributed by atoms with van der Waals surface area (Å²) in [6, 6.07) is 82.2. The summed E-state index contributed by atoms with van der Waals surface area (Å²) >= 11 is 0. The van der Waals surface area contributed by atoms with Crippen LogP contribution in [0.3, 0.4) is 0 Å². The zero-order valence-corrected chi connectivity index (χ0v) is 33.2. The van der Waals surface area contributed by atoms with E-state index in [9.17, 15) is 0 Å². The van der Waals surface area contributed by atoms with Crippen LogP contribution in [0.15, 0.2) is 229 Å². The van der Waals surface area contributed by atoms with Crippen molar-refractivity contribution in [2.45, 2.75) is 5.41 Å². The number of benzene rings is 10. The Balaban J connectivity index is 1.06. The SMILES string of the molecule is c1ccc(-c2ccc(N(c3ccc4c(c3)C3(c5ccccc5-c5ccccc53)c3ccccc3-4)c3ccc4oc5cc(-c6ccccc6)c6ccccc6c5c4c3)cc2)cc1. The molecule has 0 fully saturated rings. The minimum atomic E-state index is -0.446. The van der Waals surface area contributed by atoms with E-state index < -0.39 is 5.41 Å². The Morgan fingerprint density at radius 1 is 0.295 bits per heavy atom. The molecule has 61 heavy (non-hydrogen) atoms. The van der Waals surface area contributed by atoms with Crippen LogP contribution in [0.5, 0.6) is 0 Å². The van der Waals surface area contributed by atoms with Gasteiger partial charge in [0.25, 0.3) is 0 Å². The molecular formula is C59H37NO. The van der Waals surface area contributed by atoms with Crippen molar-refractivity contribution in [3.8, 4) is 44.5 Å². The van der Waals surface area contributed by atoms with Crippen molar-refractivity contribution in [3.63, 3.8) is 0 Å². The minimum absolute atomic E-state index is 0.446. The first kappa shape index (κ1) is 34.0. The van der Waals surface area contributed by atoms with Crippen LogP contribution in [0, 0.1) is 0 Å². The monoisotopic (exact) mass is 775 g/mol. The van der Waals surface area contributed by atoms with Gasteiger partial charge in [-0.1, -0.05) is 176 Å². The molecule has 0 aliphatic heterocycles. The van der Waals surface area contributed by atoms with Crippen LogP contribution in [0.2, 0.25) is 0 Å². The Morgan fingerprint density at radius 3 is 1.44 bits per heavy atom. The molecule has 0 radical (unpaired) electrons. The van der Waals surface area contributed by atoms with Gasteiger partial charge in [-0.25, -0.2) is 0 Å². The summed E-state index contributed by atoms with van der Waals surface area (Å²) in [6.07, 6.45) is 0. The zero-order chi connectivity index (χ0) is 40.1. The predicted molar refractivity (Wildman–Crippen MR) is 253 cm³/mol. The molecule has 13 rings (SSSR count). The highest BCUT2D eigenvalue weighted by atomic mass is 16.3. The van der Waals surface area contributed by atoms with Gasteiger partial charge in [0.2, 0.25) is 0 Å². The fourth-order valence-corrected chi connectivity index (χ4v) is 10.7. The Labute approximate surface area is 354 Å². The first-order valence-electron chi connectivity index (χ1n) is 21.1. The standard InChI is InChI=1S/C59H37NO/c1-3-15-38(16-4-1)39-27-29-41(30-28-39)60(42-32-34-56-51(35-42)58-49-23-8-7-19-44(49)50(37-57(58)61-56)40-17-5-2-6-18-40)43-31-33-48-47-22-11-14-26-54(47)59(55(48)36-43)52-24-12-9-20-45(52)46-21-10-13-25-53(46)59/h1-37H. The van der Waals surface area contributed by atoms with Gasteiger partial charge in [0, 0.05) is 27.8 Å². The van der Waals surface area contributed by atoms with Gasteiger partial charge in [0.05, 0.1) is 5.41 Å². The molecule has 1 spiro atoms. The van der Waals surface area contributed by atoms with E-state index in [0.717, 1.165) is 39.0 Å². The van der Waals surface area contributed by atoms with Gasteiger partial charge in [0.1, 0.15) is 11.2 Å². The number of nitrogens with zero attached hydrogens (tertiary/aromatic N) is 1. The van der Waals surface area contributed by atoms with Crippen LogP contribution < -0.4 is 4.90 Å². The molecule has 0 unspecified atom stereocenters. The predicted octanol–water partition coefficient (Wildman–Crippen LogP) is 15.9. The molecule has 2 nitrogen and oxygen atoms in total. The second-order valence-electron chi connectivity index (χ2n) is 16.4. The first-order chi connectivity index (χ1) is 30.3. The second-order valence-corrected chi connectivity index (χ2v) is 16.4. The van der Waals surface area contributed by atoms with E-state index in [1.54, 1.807) is 0 Å². The van der Waals surface area contributed by atoms with Crippen LogP contribution >= 0.6 is 0 Å². The molecule has 0 atom stereocenters. The maximum absolute atomic E-state index is 6.74. The van der Waals surface area contributed by atoms with Crippen molar-refractivity contribution >= 4 is 49.8 Å². The lowest BCUT2D eigenvalue weighted by molar-refractivity contribution is 0.669. The third kappa shape index (κ3) is 4.85. The first-order valence-corrected chi connectivity index (χ1v) is 21.1. The van der Waals surface area contributed by atoms with E-state index >= 15 is 0 Å². The van der Waals surface area contributed by atoms with E-state index in [0.29, 0.717) is 0 Å². The van der Waals surface area contributed by atoms with Gasteiger partial charge >= 0.3 is 0 Å². The summed E-state index contributed by atoms with van der Waals surface area (Å²) in [5.41, 5.74) is 19.8. The molecule has 0 amide bonds. The lowest BCUT2D eigenvalue weighted by Crippen LogP contribution is -2.26. The summed E-state index contributed by atoms with van der Waals surface area (Å²) in [4.78, 5) is 2.43. The van der Waals surface area contributed by atoms with Gasteiger partial charge in [0.15, 0.2) is 0 Å². The normalized spacial score (nSPS) is 13.0. The van der Waals surface area contributed by atoms with Crippen LogP contribution in [0.25, 0.3) is 77.2 Å². The van der Waals surface area contributed by atoms with Gasteiger partial charge in [-0.05, 0) is 126 Å². The van der Waals surface area contributed by atoms with E-state index in [-0.39, 0.29) is 0 Å². The van der Waals surface area contributed by atoms with Crippen LogP contribution in [0.1, 0.15) is 22.3 Å². The maximum atomic E-state index is 6.74. The van der Waals surface area contributed by atoms with Crippen LogP contribution in [-0.2, 0) is 5.41 Å². The van der Waals surface area contributed by atoms with E-state index in [2.05, 4.69) is 229 Å². The highest BCUT2D eigenvalue weighted by molar-refractivity contribution is 6.22. The molecule has 2 aliphatic rings. The number of hydrogen-bond donors (Lipinski definition) is 0. The Hall–Kier alpha value is -7.94. The van der Waals surface area contributed by atoms with E-state index in [1.165, 1.54) is 77.5 Å². The average molecular weight is 776 g/mol. The third-order valence-corrected chi connectivity index (χ3v) is 13.3. The lowest BCUT2D eigenvalue weighted by Gasteiger charge is -2.32. The van der Waals surface area contributed by atoms with Gasteiger partial charge < -0.3 is 9.32 Å². The molecule has 2 aliphatic carbocycles. The van der Waals surface area contributed by atoms with Gasteiger partial charge in [-0.15, -0.1) is 0 Å². The zero-order valence-electron chi connectivity index (χ0n) is 33.2. The lowest BCUT2D eigenvalue weighted by atomic mass is 9.70. The fraction of sp³-hybridized carbons (Fsp3) is 0.0169. The van der Waals surface area contributed by atoms with Crippen LogP contribution in [-0.4, -0.2) is 0 Å². The van der Waals surface area contributed by atoms with Crippen molar-refractivity contribution < 1.29 is 4.42 Å². The Bertz CT molecular complexity index is 3460. The summed E-state index contributed by atoms with van der Waals surface area (Å²) in [5.74, 6) is 0. The Morgan fingerprint density at radius 2 is 0.787 bits per heavy atom. The summed E-state index contributed by atoms with van der Waals surface area (Å²) < 4.78 is 6.74. The molecule has 1 aromatic heterocycles. The fourth-order valence-electron chi connectivity index (χ4n) is 10.7. The number of furan rings is 1. The van der Waals surface area contributed by atoms with Gasteiger partial charge in [-0.2, -0.15) is 0 Å². The van der Waals surface area contributed by atoms with Gasteiger partial charge in [-0.3, -0.25) is 0 Å². The molecule has 10 aromatic carbocycles. The highest BCUT2D eigenvalue weighted by Gasteiger charge is 2.51. The number of fused-ring (bicyclic) bond motifs is 15. The molecule has 11 aromatic rings. The molecule has 0 saturated carbocycles. The number of rotatable bonds is 5. The largest absolute Gasteiger partial charge is 0.456 e. The third-order valence-electron chi connectivity index (χ3n) is 13.3. The van der Waals surface area contributed by atoms with Crippen molar-refractivity contribution in [1.29, 1.82) is 0 Å². The van der Waals surface area contributed by atoms with Crippen molar-refractivity contribution in [2.75, 3.05) is 4.90 Å². The maximum Gasteiger partial charge on any atom is 0.136 e. The van der Waals surface area contributed by atoms with Crippen molar-refractivity contribution in [3.05, 3.63) is 247 Å². The second kappa shape index (κ2) is 13.0. The molecule has 0 saturated heterocycles. The number of anilines is 3. The topological polar surface area (TPSA) is 16.4 Å². The molecular weight excluding hydrogens is 739 g/mol. The molecule has 1 heterocycles. The van der Waals surface area contributed by atoms with E-state index in [4.69, 9.17) is 4.42 Å². The van der Waals surface area contributed by atoms with Crippen molar-refractivity contribution in [1.82, 2.24) is 0 Å². The smallest absolute Gasteiger partial charge is 0.136 e. The quantitative estimate of drug-likeness (QED) is 0.173. The Kier molecular flexibility index (Phi) is 7.26. The van der Waals surface area contributed by atoms with Crippen LogP contribution in [0.4, 0.5) is 17.1 Å². The van der Waals surface area contributed by atoms with E-state index in [1.807, 2.05) is 0 Å². The highest BCUT2D eigenvalue weighted by Crippen LogP contribution is 2.63. The number of hydrogen-bond acceptors (Lipinski definition) is 2. The average Bonchev–Trinajstić information content (AvgIpc) is 3.96. The molecule has 2 heteroatoms. The minimum Gasteiger partial charge on any atom is -0.456 e. The summed E-state index contributed by atoms with van der Waals surface area (Å²) in [7, 11) is 0. The summed E-state index contributed by atoms with van der Waals surface area (Å²) in [6.45, 7) is 0. The summed E-state index contributed by atoms with van der Waals surface area (Å²) in [5, 5.41) is 4.62. The van der Waals surface area contributed by atoms with Crippen molar-refractivity contribution in [2.24, 2.45) is 0 Å². The molecule has 0 N–H and O–H groups in total. The molecule has 0 bridgehead atoms. The molecule has 284 valence electrons.